The van der Waals surface area contributed by atoms with Crippen LogP contribution >= 0.6 is 0 Å². The Morgan fingerprint density at radius 3 is 3.14 bits per heavy atom. The van der Waals surface area contributed by atoms with Crippen LogP contribution in [0.1, 0.15) is 10.5 Å². The number of carbonyl (C=O) groups excluding carboxylic acids is 1. The SMILES string of the molecule is COC(=O)c1ncn2cccc(O)c12. The normalized spacial score (nSPS) is 10.4. The van der Waals surface area contributed by atoms with Gasteiger partial charge in [0.15, 0.2) is 5.69 Å². The zero-order valence-corrected chi connectivity index (χ0v) is 7.47. The number of aromatic nitrogens is 2. The van der Waals surface area contributed by atoms with E-state index in [1.807, 2.05) is 0 Å². The molecule has 5 heteroatoms. The fourth-order valence-corrected chi connectivity index (χ4v) is 1.28. The lowest BCUT2D eigenvalue weighted by Gasteiger charge is -1.98. The molecule has 0 bridgehead atoms. The van der Waals surface area contributed by atoms with Crippen LogP contribution in [0.15, 0.2) is 24.7 Å². The molecule has 0 saturated carbocycles. The average Bonchev–Trinajstić information content (AvgIpc) is 2.62. The number of methoxy groups -OCH3 is 1. The highest BCUT2D eigenvalue weighted by Gasteiger charge is 2.15. The van der Waals surface area contributed by atoms with Crippen LogP contribution in [0, 0.1) is 0 Å². The third-order valence-corrected chi connectivity index (χ3v) is 1.92. The lowest BCUT2D eigenvalue weighted by atomic mass is 10.3. The second-order valence-corrected chi connectivity index (χ2v) is 2.73. The van der Waals surface area contributed by atoms with Gasteiger partial charge in [0.25, 0.3) is 0 Å². The molecule has 0 aromatic carbocycles. The molecule has 2 heterocycles. The lowest BCUT2D eigenvalue weighted by Crippen LogP contribution is -2.02. The summed E-state index contributed by atoms with van der Waals surface area (Å²) in [5, 5.41) is 9.52. The van der Waals surface area contributed by atoms with Crippen LogP contribution in [0.2, 0.25) is 0 Å². The van der Waals surface area contributed by atoms with Crippen LogP contribution in [0.4, 0.5) is 0 Å². The van der Waals surface area contributed by atoms with Crippen molar-refractivity contribution in [3.63, 3.8) is 0 Å². The van der Waals surface area contributed by atoms with Gasteiger partial charge in [0.1, 0.15) is 17.6 Å². The van der Waals surface area contributed by atoms with E-state index in [1.165, 1.54) is 19.5 Å². The number of pyridine rings is 1. The summed E-state index contributed by atoms with van der Waals surface area (Å²) in [6.45, 7) is 0. The van der Waals surface area contributed by atoms with Crippen LogP contribution in [0.3, 0.4) is 0 Å². The Morgan fingerprint density at radius 1 is 1.64 bits per heavy atom. The first-order valence-corrected chi connectivity index (χ1v) is 3.97. The molecule has 0 amide bonds. The van der Waals surface area contributed by atoms with Crippen molar-refractivity contribution in [2.75, 3.05) is 7.11 Å². The number of esters is 1. The number of rotatable bonds is 1. The van der Waals surface area contributed by atoms with E-state index in [1.54, 1.807) is 16.7 Å². The third kappa shape index (κ3) is 1.10. The summed E-state index contributed by atoms with van der Waals surface area (Å²) in [6, 6.07) is 3.15. The van der Waals surface area contributed by atoms with Crippen molar-refractivity contribution in [3.8, 4) is 5.75 Å². The summed E-state index contributed by atoms with van der Waals surface area (Å²) in [5.41, 5.74) is 0.477. The minimum atomic E-state index is -0.561. The highest BCUT2D eigenvalue weighted by Crippen LogP contribution is 2.21. The zero-order valence-electron chi connectivity index (χ0n) is 7.47. The number of imidazole rings is 1. The Morgan fingerprint density at radius 2 is 2.43 bits per heavy atom. The molecule has 0 aliphatic carbocycles. The second-order valence-electron chi connectivity index (χ2n) is 2.73. The Bertz CT molecular complexity index is 490. The maximum absolute atomic E-state index is 11.2. The van der Waals surface area contributed by atoms with Crippen LogP contribution < -0.4 is 0 Å². The molecule has 72 valence electrons. The fourth-order valence-electron chi connectivity index (χ4n) is 1.28. The van der Waals surface area contributed by atoms with Crippen LogP contribution in [0.25, 0.3) is 5.52 Å². The predicted octanol–water partition coefficient (Wildman–Crippen LogP) is 0.827. The van der Waals surface area contributed by atoms with E-state index in [0.29, 0.717) is 5.52 Å². The Labute approximate surface area is 79.6 Å². The summed E-state index contributed by atoms with van der Waals surface area (Å²) >= 11 is 0. The lowest BCUT2D eigenvalue weighted by molar-refractivity contribution is 0.0596. The molecule has 0 spiro atoms. The summed E-state index contributed by atoms with van der Waals surface area (Å²) in [6.07, 6.45) is 3.13. The number of ether oxygens (including phenoxy) is 1. The predicted molar refractivity (Wildman–Crippen MR) is 48.2 cm³/mol. The van der Waals surface area contributed by atoms with Gasteiger partial charge in [-0.3, -0.25) is 0 Å². The standard InChI is InChI=1S/C9H8N2O3/c1-14-9(13)7-8-6(12)3-2-4-11(8)5-10-7/h2-5,12H,1H3. The summed E-state index contributed by atoms with van der Waals surface area (Å²) in [5.74, 6) is -0.556. The molecular weight excluding hydrogens is 184 g/mol. The summed E-state index contributed by atoms with van der Waals surface area (Å²) < 4.78 is 6.09. The average molecular weight is 192 g/mol. The van der Waals surface area contributed by atoms with Gasteiger partial charge in [-0.2, -0.15) is 0 Å². The first kappa shape index (κ1) is 8.55. The summed E-state index contributed by atoms with van der Waals surface area (Å²) in [4.78, 5) is 15.1. The van der Waals surface area contributed by atoms with Gasteiger partial charge < -0.3 is 14.2 Å². The van der Waals surface area contributed by atoms with Gasteiger partial charge >= 0.3 is 5.97 Å². The van der Waals surface area contributed by atoms with Gasteiger partial charge in [0, 0.05) is 6.20 Å². The van der Waals surface area contributed by atoms with E-state index in [9.17, 15) is 9.90 Å². The zero-order chi connectivity index (χ0) is 10.1. The number of hydrogen-bond donors (Lipinski definition) is 1. The largest absolute Gasteiger partial charge is 0.506 e. The quantitative estimate of drug-likeness (QED) is 0.679. The number of carbonyl (C=O) groups is 1. The van der Waals surface area contributed by atoms with Crippen molar-refractivity contribution < 1.29 is 14.6 Å². The number of fused-ring (bicyclic) bond motifs is 1. The summed E-state index contributed by atoms with van der Waals surface area (Å²) in [7, 11) is 1.27. The van der Waals surface area contributed by atoms with Gasteiger partial charge in [0.05, 0.1) is 7.11 Å². The topological polar surface area (TPSA) is 63.8 Å². The maximum Gasteiger partial charge on any atom is 0.359 e. The van der Waals surface area contributed by atoms with E-state index in [4.69, 9.17) is 0 Å². The molecule has 5 nitrogen and oxygen atoms in total. The van der Waals surface area contributed by atoms with Gasteiger partial charge in [-0.1, -0.05) is 0 Å². The first-order chi connectivity index (χ1) is 6.74. The molecule has 0 unspecified atom stereocenters. The van der Waals surface area contributed by atoms with Crippen LogP contribution in [-0.2, 0) is 4.74 Å². The fraction of sp³-hybridized carbons (Fsp3) is 0.111. The van der Waals surface area contributed by atoms with E-state index >= 15 is 0 Å². The van der Waals surface area contributed by atoms with Crippen molar-refractivity contribution in [3.05, 3.63) is 30.4 Å². The van der Waals surface area contributed by atoms with Gasteiger partial charge in [0.2, 0.25) is 0 Å². The van der Waals surface area contributed by atoms with Crippen molar-refractivity contribution in [2.24, 2.45) is 0 Å². The molecule has 2 rings (SSSR count). The Hall–Kier alpha value is -2.04. The Kier molecular flexibility index (Phi) is 1.85. The minimum absolute atomic E-state index is 0.00500. The Balaban J connectivity index is 2.73. The molecule has 2 aromatic heterocycles. The number of nitrogens with zero attached hydrogens (tertiary/aromatic N) is 2. The van der Waals surface area contributed by atoms with Crippen molar-refractivity contribution >= 4 is 11.5 Å². The third-order valence-electron chi connectivity index (χ3n) is 1.92. The molecule has 0 saturated heterocycles. The van der Waals surface area contributed by atoms with Crippen molar-refractivity contribution in [2.45, 2.75) is 0 Å². The van der Waals surface area contributed by atoms with Crippen molar-refractivity contribution in [1.29, 1.82) is 0 Å². The molecule has 14 heavy (non-hydrogen) atoms. The second kappa shape index (κ2) is 3.02. The monoisotopic (exact) mass is 192 g/mol. The van der Waals surface area contributed by atoms with Gasteiger partial charge in [-0.25, -0.2) is 9.78 Å². The van der Waals surface area contributed by atoms with Gasteiger partial charge in [-0.15, -0.1) is 0 Å². The molecule has 0 aliphatic heterocycles. The van der Waals surface area contributed by atoms with E-state index in [2.05, 4.69) is 9.72 Å². The molecule has 0 aliphatic rings. The molecular formula is C9H8N2O3. The number of hydrogen-bond acceptors (Lipinski definition) is 4. The van der Waals surface area contributed by atoms with E-state index < -0.39 is 5.97 Å². The first-order valence-electron chi connectivity index (χ1n) is 3.97. The van der Waals surface area contributed by atoms with E-state index in [0.717, 1.165) is 0 Å². The molecule has 0 atom stereocenters. The van der Waals surface area contributed by atoms with Crippen LogP contribution in [-0.4, -0.2) is 27.6 Å². The number of aromatic hydroxyl groups is 1. The molecule has 2 aromatic rings. The molecule has 1 N–H and O–H groups in total. The highest BCUT2D eigenvalue weighted by molar-refractivity contribution is 5.96. The minimum Gasteiger partial charge on any atom is -0.506 e. The highest BCUT2D eigenvalue weighted by atomic mass is 16.5. The smallest absolute Gasteiger partial charge is 0.359 e. The van der Waals surface area contributed by atoms with Gasteiger partial charge in [-0.05, 0) is 12.1 Å². The maximum atomic E-state index is 11.2. The molecule has 0 fully saturated rings. The van der Waals surface area contributed by atoms with Crippen LogP contribution in [0.5, 0.6) is 5.75 Å². The van der Waals surface area contributed by atoms with Crippen molar-refractivity contribution in [1.82, 2.24) is 9.38 Å². The molecule has 0 radical (unpaired) electrons. The van der Waals surface area contributed by atoms with E-state index in [-0.39, 0.29) is 11.4 Å².